The molecule has 0 radical (unpaired) electrons. The minimum atomic E-state index is 0.419. The Morgan fingerprint density at radius 2 is 2.32 bits per heavy atom. The molecule has 1 aromatic heterocycles. The van der Waals surface area contributed by atoms with E-state index in [1.165, 1.54) is 0 Å². The van der Waals surface area contributed by atoms with Gasteiger partial charge >= 0.3 is 0 Å². The normalized spacial score (nSPS) is 10.4. The third-order valence-corrected chi connectivity index (χ3v) is 3.10. The summed E-state index contributed by atoms with van der Waals surface area (Å²) in [4.78, 5) is 0.419. The molecular formula is C13H17N5S. The summed E-state index contributed by atoms with van der Waals surface area (Å²) in [6.45, 7) is 3.71. The third-order valence-electron chi connectivity index (χ3n) is 2.88. The SMILES string of the molecule is Cc1cccc(C(N)=S)c1NCCCn1ccnn1. The van der Waals surface area contributed by atoms with Crippen LogP contribution in [0.1, 0.15) is 17.5 Å². The Hall–Kier alpha value is -1.95. The van der Waals surface area contributed by atoms with Gasteiger partial charge in [0, 0.05) is 30.5 Å². The van der Waals surface area contributed by atoms with Crippen molar-refractivity contribution in [2.45, 2.75) is 19.9 Å². The van der Waals surface area contributed by atoms with Crippen LogP contribution in [0.25, 0.3) is 0 Å². The van der Waals surface area contributed by atoms with Gasteiger partial charge in [-0.05, 0) is 25.0 Å². The number of nitrogens with two attached hydrogens (primary N) is 1. The van der Waals surface area contributed by atoms with Crippen molar-refractivity contribution in [1.82, 2.24) is 15.0 Å². The molecule has 0 unspecified atom stereocenters. The molecule has 0 aliphatic carbocycles. The van der Waals surface area contributed by atoms with Gasteiger partial charge in [0.1, 0.15) is 4.99 Å². The minimum absolute atomic E-state index is 0.419. The Balaban J connectivity index is 1.93. The summed E-state index contributed by atoms with van der Waals surface area (Å²) in [6.07, 6.45) is 4.49. The molecule has 0 bridgehead atoms. The van der Waals surface area contributed by atoms with Gasteiger partial charge in [0.05, 0.1) is 6.20 Å². The summed E-state index contributed by atoms with van der Waals surface area (Å²) < 4.78 is 1.81. The summed E-state index contributed by atoms with van der Waals surface area (Å²) in [6, 6.07) is 5.95. The van der Waals surface area contributed by atoms with Crippen LogP contribution in [-0.4, -0.2) is 26.5 Å². The van der Waals surface area contributed by atoms with Gasteiger partial charge in [0.25, 0.3) is 0 Å². The van der Waals surface area contributed by atoms with Crippen LogP contribution < -0.4 is 11.1 Å². The summed E-state index contributed by atoms with van der Waals surface area (Å²) in [7, 11) is 0. The van der Waals surface area contributed by atoms with E-state index in [4.69, 9.17) is 18.0 Å². The Bertz CT molecular complexity index is 550. The van der Waals surface area contributed by atoms with E-state index in [1.54, 1.807) is 6.20 Å². The van der Waals surface area contributed by atoms with E-state index in [1.807, 2.05) is 36.0 Å². The fourth-order valence-electron chi connectivity index (χ4n) is 1.91. The number of rotatable bonds is 6. The summed E-state index contributed by atoms with van der Waals surface area (Å²) in [5.41, 5.74) is 8.80. The first-order valence-electron chi connectivity index (χ1n) is 6.16. The second kappa shape index (κ2) is 6.29. The number of thiocarbonyl (C=S) groups is 1. The lowest BCUT2D eigenvalue weighted by atomic mass is 10.1. The van der Waals surface area contributed by atoms with Crippen LogP contribution in [0.5, 0.6) is 0 Å². The monoisotopic (exact) mass is 275 g/mol. The number of benzene rings is 1. The molecule has 0 spiro atoms. The first kappa shape index (κ1) is 13.5. The van der Waals surface area contributed by atoms with Crippen molar-refractivity contribution in [1.29, 1.82) is 0 Å². The number of nitrogens with one attached hydrogen (secondary N) is 1. The molecular weight excluding hydrogens is 258 g/mol. The van der Waals surface area contributed by atoms with Crippen molar-refractivity contribution in [3.8, 4) is 0 Å². The largest absolute Gasteiger partial charge is 0.389 e. The van der Waals surface area contributed by atoms with Crippen molar-refractivity contribution in [3.63, 3.8) is 0 Å². The highest BCUT2D eigenvalue weighted by molar-refractivity contribution is 7.80. The molecule has 0 saturated carbocycles. The zero-order valence-electron chi connectivity index (χ0n) is 10.8. The maximum absolute atomic E-state index is 5.73. The topological polar surface area (TPSA) is 68.8 Å². The number of hydrogen-bond acceptors (Lipinski definition) is 4. The van der Waals surface area contributed by atoms with Crippen molar-refractivity contribution >= 4 is 22.9 Å². The Kier molecular flexibility index (Phi) is 4.46. The second-order valence-electron chi connectivity index (χ2n) is 4.31. The summed E-state index contributed by atoms with van der Waals surface area (Å²) in [5.74, 6) is 0. The number of aryl methyl sites for hydroxylation is 2. The molecule has 6 heteroatoms. The molecule has 100 valence electrons. The van der Waals surface area contributed by atoms with Crippen molar-refractivity contribution in [3.05, 3.63) is 41.7 Å². The van der Waals surface area contributed by atoms with Crippen molar-refractivity contribution in [2.24, 2.45) is 5.73 Å². The molecule has 1 aromatic carbocycles. The van der Waals surface area contributed by atoms with E-state index in [9.17, 15) is 0 Å². The number of para-hydroxylation sites is 1. The molecule has 3 N–H and O–H groups in total. The van der Waals surface area contributed by atoms with Gasteiger partial charge in [-0.3, -0.25) is 4.68 Å². The maximum Gasteiger partial charge on any atom is 0.106 e. The Morgan fingerprint density at radius 3 is 3.00 bits per heavy atom. The van der Waals surface area contributed by atoms with Crippen LogP contribution in [0.3, 0.4) is 0 Å². The summed E-state index contributed by atoms with van der Waals surface area (Å²) >= 11 is 5.07. The van der Waals surface area contributed by atoms with Gasteiger partial charge in [-0.1, -0.05) is 29.6 Å². The highest BCUT2D eigenvalue weighted by Gasteiger charge is 2.06. The van der Waals surface area contributed by atoms with Crippen LogP contribution in [0.15, 0.2) is 30.6 Å². The first-order valence-corrected chi connectivity index (χ1v) is 6.56. The van der Waals surface area contributed by atoms with Crippen molar-refractivity contribution < 1.29 is 0 Å². The van der Waals surface area contributed by atoms with E-state index < -0.39 is 0 Å². The quantitative estimate of drug-likeness (QED) is 0.620. The van der Waals surface area contributed by atoms with E-state index in [0.717, 1.165) is 36.3 Å². The van der Waals surface area contributed by atoms with Crippen LogP contribution in [-0.2, 0) is 6.54 Å². The van der Waals surface area contributed by atoms with E-state index in [2.05, 4.69) is 15.6 Å². The highest BCUT2D eigenvalue weighted by Crippen LogP contribution is 2.20. The van der Waals surface area contributed by atoms with Gasteiger partial charge in [-0.2, -0.15) is 0 Å². The van der Waals surface area contributed by atoms with Crippen LogP contribution in [0.2, 0.25) is 0 Å². The van der Waals surface area contributed by atoms with Crippen LogP contribution in [0, 0.1) is 6.92 Å². The van der Waals surface area contributed by atoms with Crippen LogP contribution >= 0.6 is 12.2 Å². The van der Waals surface area contributed by atoms with Crippen LogP contribution in [0.4, 0.5) is 5.69 Å². The molecule has 2 rings (SSSR count). The average Bonchev–Trinajstić information content (AvgIpc) is 2.88. The molecule has 0 fully saturated rings. The standard InChI is InChI=1S/C13H17N5S/c1-10-4-2-5-11(13(14)19)12(10)15-6-3-8-18-9-7-16-17-18/h2,4-5,7,9,15H,3,6,8H2,1H3,(H2,14,19). The Morgan fingerprint density at radius 1 is 1.47 bits per heavy atom. The van der Waals surface area contributed by atoms with Crippen molar-refractivity contribution in [2.75, 3.05) is 11.9 Å². The van der Waals surface area contributed by atoms with E-state index >= 15 is 0 Å². The molecule has 5 nitrogen and oxygen atoms in total. The molecule has 2 aromatic rings. The number of anilines is 1. The molecule has 0 amide bonds. The van der Waals surface area contributed by atoms with E-state index in [0.29, 0.717) is 4.99 Å². The Labute approximate surface area is 117 Å². The first-order chi connectivity index (χ1) is 9.18. The fourth-order valence-corrected chi connectivity index (χ4v) is 2.08. The smallest absolute Gasteiger partial charge is 0.106 e. The molecule has 0 aliphatic heterocycles. The third kappa shape index (κ3) is 3.51. The lowest BCUT2D eigenvalue weighted by molar-refractivity contribution is 0.570. The predicted molar refractivity (Wildman–Crippen MR) is 80.2 cm³/mol. The molecule has 0 aliphatic rings. The predicted octanol–water partition coefficient (Wildman–Crippen LogP) is 1.72. The highest BCUT2D eigenvalue weighted by atomic mass is 32.1. The van der Waals surface area contributed by atoms with Gasteiger partial charge in [-0.15, -0.1) is 5.10 Å². The zero-order valence-corrected chi connectivity index (χ0v) is 11.7. The minimum Gasteiger partial charge on any atom is -0.389 e. The van der Waals surface area contributed by atoms with Gasteiger partial charge in [0.15, 0.2) is 0 Å². The number of hydrogen-bond donors (Lipinski definition) is 2. The lowest BCUT2D eigenvalue weighted by Gasteiger charge is -2.14. The maximum atomic E-state index is 5.73. The number of aromatic nitrogens is 3. The van der Waals surface area contributed by atoms with E-state index in [-0.39, 0.29) is 0 Å². The zero-order chi connectivity index (χ0) is 13.7. The summed E-state index contributed by atoms with van der Waals surface area (Å²) in [5, 5.41) is 11.1. The lowest BCUT2D eigenvalue weighted by Crippen LogP contribution is -2.15. The van der Waals surface area contributed by atoms with Gasteiger partial charge in [-0.25, -0.2) is 0 Å². The average molecular weight is 275 g/mol. The van der Waals surface area contributed by atoms with Gasteiger partial charge < -0.3 is 11.1 Å². The molecule has 1 heterocycles. The molecule has 0 atom stereocenters. The second-order valence-corrected chi connectivity index (χ2v) is 4.75. The number of nitrogens with zero attached hydrogens (tertiary/aromatic N) is 3. The van der Waals surface area contributed by atoms with Gasteiger partial charge in [0.2, 0.25) is 0 Å². The fraction of sp³-hybridized carbons (Fsp3) is 0.308. The molecule has 0 saturated heterocycles. The molecule has 19 heavy (non-hydrogen) atoms.